The SMILES string of the molecule is CCOC(=O)c1c(-c2ccccc2)nc2ccccc2c1C(=O)c1ccccc1F. The number of carbonyl (C=O) groups is 2. The molecule has 30 heavy (non-hydrogen) atoms. The molecule has 4 nitrogen and oxygen atoms in total. The van der Waals surface area contributed by atoms with Gasteiger partial charge >= 0.3 is 5.97 Å². The van der Waals surface area contributed by atoms with Crippen molar-refractivity contribution in [1.29, 1.82) is 0 Å². The van der Waals surface area contributed by atoms with Crippen molar-refractivity contribution in [1.82, 2.24) is 4.98 Å². The van der Waals surface area contributed by atoms with Gasteiger partial charge in [0.25, 0.3) is 0 Å². The number of rotatable bonds is 5. The van der Waals surface area contributed by atoms with Crippen molar-refractivity contribution in [2.75, 3.05) is 6.61 Å². The number of ether oxygens (including phenoxy) is 1. The zero-order chi connectivity index (χ0) is 21.1. The lowest BCUT2D eigenvalue weighted by molar-refractivity contribution is 0.0524. The van der Waals surface area contributed by atoms with Crippen LogP contribution in [0, 0.1) is 5.82 Å². The van der Waals surface area contributed by atoms with Crippen molar-refractivity contribution < 1.29 is 18.7 Å². The molecule has 0 saturated heterocycles. The van der Waals surface area contributed by atoms with Crippen molar-refractivity contribution >= 4 is 22.7 Å². The fraction of sp³-hybridized carbons (Fsp3) is 0.0800. The minimum absolute atomic E-state index is 0.0370. The van der Waals surface area contributed by atoms with Gasteiger partial charge in [0.05, 0.1) is 28.9 Å². The number of fused-ring (bicyclic) bond motifs is 1. The van der Waals surface area contributed by atoms with Gasteiger partial charge in [0, 0.05) is 16.5 Å². The van der Waals surface area contributed by atoms with E-state index >= 15 is 0 Å². The van der Waals surface area contributed by atoms with E-state index in [4.69, 9.17) is 4.74 Å². The number of benzene rings is 3. The molecule has 0 aliphatic rings. The van der Waals surface area contributed by atoms with Crippen molar-refractivity contribution in [3.8, 4) is 11.3 Å². The molecule has 1 aromatic heterocycles. The summed E-state index contributed by atoms with van der Waals surface area (Å²) in [5, 5.41) is 0.466. The Morgan fingerprint density at radius 2 is 1.53 bits per heavy atom. The molecule has 3 aromatic carbocycles. The van der Waals surface area contributed by atoms with Gasteiger partial charge in [-0.05, 0) is 25.1 Å². The molecule has 0 bridgehead atoms. The highest BCUT2D eigenvalue weighted by molar-refractivity contribution is 6.22. The molecule has 0 aliphatic heterocycles. The van der Waals surface area contributed by atoms with E-state index in [1.54, 1.807) is 49.4 Å². The number of halogens is 1. The largest absolute Gasteiger partial charge is 0.462 e. The first-order valence-electron chi connectivity index (χ1n) is 9.56. The van der Waals surface area contributed by atoms with E-state index in [1.165, 1.54) is 18.2 Å². The van der Waals surface area contributed by atoms with Crippen molar-refractivity contribution in [2.24, 2.45) is 0 Å². The monoisotopic (exact) mass is 399 g/mol. The van der Waals surface area contributed by atoms with Gasteiger partial charge in [0.2, 0.25) is 0 Å². The summed E-state index contributed by atoms with van der Waals surface area (Å²) in [5.41, 5.74) is 1.53. The molecule has 0 unspecified atom stereocenters. The van der Waals surface area contributed by atoms with Crippen LogP contribution in [0.2, 0.25) is 0 Å². The van der Waals surface area contributed by atoms with Crippen LogP contribution < -0.4 is 0 Å². The number of hydrogen-bond acceptors (Lipinski definition) is 4. The topological polar surface area (TPSA) is 56.3 Å². The Labute approximate surface area is 173 Å². The number of carbonyl (C=O) groups excluding carboxylic acids is 2. The molecule has 0 fully saturated rings. The van der Waals surface area contributed by atoms with Gasteiger partial charge in [-0.3, -0.25) is 4.79 Å². The van der Waals surface area contributed by atoms with Gasteiger partial charge in [0.15, 0.2) is 5.78 Å². The van der Waals surface area contributed by atoms with Crippen LogP contribution in [0.1, 0.15) is 33.2 Å². The number of ketones is 1. The molecule has 4 aromatic rings. The van der Waals surface area contributed by atoms with Crippen LogP contribution in [0.15, 0.2) is 78.9 Å². The quantitative estimate of drug-likeness (QED) is 0.331. The minimum atomic E-state index is -0.672. The van der Waals surface area contributed by atoms with Crippen LogP contribution in [0.5, 0.6) is 0 Å². The fourth-order valence-corrected chi connectivity index (χ4v) is 3.43. The Kier molecular flexibility index (Phi) is 5.35. The molecule has 1 heterocycles. The van der Waals surface area contributed by atoms with Crippen LogP contribution in [-0.2, 0) is 4.74 Å². The second-order valence-electron chi connectivity index (χ2n) is 6.62. The molecule has 0 aliphatic carbocycles. The molecular weight excluding hydrogens is 381 g/mol. The van der Waals surface area contributed by atoms with Crippen LogP contribution >= 0.6 is 0 Å². The normalized spacial score (nSPS) is 10.7. The van der Waals surface area contributed by atoms with Gasteiger partial charge in [0.1, 0.15) is 5.82 Å². The lowest BCUT2D eigenvalue weighted by Crippen LogP contribution is -2.17. The van der Waals surface area contributed by atoms with E-state index in [1.807, 2.05) is 18.2 Å². The maximum absolute atomic E-state index is 14.5. The van der Waals surface area contributed by atoms with E-state index in [-0.39, 0.29) is 23.3 Å². The predicted octanol–water partition coefficient (Wildman–Crippen LogP) is 5.45. The van der Waals surface area contributed by atoms with Crippen molar-refractivity contribution in [3.63, 3.8) is 0 Å². The smallest absolute Gasteiger partial charge is 0.341 e. The minimum Gasteiger partial charge on any atom is -0.462 e. The Hall–Kier alpha value is -3.86. The molecule has 148 valence electrons. The second kappa shape index (κ2) is 8.25. The van der Waals surface area contributed by atoms with Gasteiger partial charge < -0.3 is 4.74 Å². The number of para-hydroxylation sites is 1. The first-order chi connectivity index (χ1) is 14.6. The highest BCUT2D eigenvalue weighted by Gasteiger charge is 2.28. The molecule has 4 rings (SSSR count). The first-order valence-corrected chi connectivity index (χ1v) is 9.56. The zero-order valence-electron chi connectivity index (χ0n) is 16.3. The van der Waals surface area contributed by atoms with E-state index < -0.39 is 17.6 Å². The van der Waals surface area contributed by atoms with Gasteiger partial charge in [-0.1, -0.05) is 60.7 Å². The number of nitrogens with zero attached hydrogens (tertiary/aromatic N) is 1. The second-order valence-corrected chi connectivity index (χ2v) is 6.62. The van der Waals surface area contributed by atoms with Crippen molar-refractivity contribution in [3.05, 3.63) is 101 Å². The molecule has 5 heteroatoms. The molecule has 0 atom stereocenters. The summed E-state index contributed by atoms with van der Waals surface area (Å²) in [5.74, 6) is -1.92. The summed E-state index contributed by atoms with van der Waals surface area (Å²) < 4.78 is 19.7. The first kappa shape index (κ1) is 19.5. The van der Waals surface area contributed by atoms with Crippen molar-refractivity contribution in [2.45, 2.75) is 6.92 Å². The van der Waals surface area contributed by atoms with Crippen LogP contribution in [0.3, 0.4) is 0 Å². The lowest BCUT2D eigenvalue weighted by atomic mass is 9.91. The standard InChI is InChI=1S/C25H18FNO3/c1-2-30-25(29)22-21(24(28)17-12-6-8-14-19(17)26)18-13-7-9-15-20(18)27-23(22)16-10-4-3-5-11-16/h3-15H,2H2,1H3. The predicted molar refractivity (Wildman–Crippen MR) is 113 cm³/mol. The Morgan fingerprint density at radius 1 is 0.867 bits per heavy atom. The van der Waals surface area contributed by atoms with Crippen LogP contribution in [0.4, 0.5) is 4.39 Å². The summed E-state index contributed by atoms with van der Waals surface area (Å²) in [6, 6.07) is 21.8. The molecule has 0 N–H and O–H groups in total. The third kappa shape index (κ3) is 3.46. The molecule has 0 spiro atoms. The number of esters is 1. The van der Waals surface area contributed by atoms with Gasteiger partial charge in [-0.15, -0.1) is 0 Å². The van der Waals surface area contributed by atoms with Gasteiger partial charge in [-0.25, -0.2) is 14.2 Å². The maximum atomic E-state index is 14.5. The van der Waals surface area contributed by atoms with Crippen LogP contribution in [0.25, 0.3) is 22.2 Å². The molecule has 0 amide bonds. The van der Waals surface area contributed by atoms with E-state index in [0.717, 1.165) is 0 Å². The van der Waals surface area contributed by atoms with Crippen LogP contribution in [-0.4, -0.2) is 23.3 Å². The fourth-order valence-electron chi connectivity index (χ4n) is 3.43. The number of pyridine rings is 1. The number of aromatic nitrogens is 1. The molecule has 0 radical (unpaired) electrons. The van der Waals surface area contributed by atoms with E-state index in [2.05, 4.69) is 4.98 Å². The summed E-state index contributed by atoms with van der Waals surface area (Å²) in [7, 11) is 0. The highest BCUT2D eigenvalue weighted by atomic mass is 19.1. The Bertz CT molecular complexity index is 1250. The average molecular weight is 399 g/mol. The molecule has 0 saturated carbocycles. The number of hydrogen-bond donors (Lipinski definition) is 0. The summed E-state index contributed by atoms with van der Waals surface area (Å²) >= 11 is 0. The third-order valence-corrected chi connectivity index (χ3v) is 4.76. The summed E-state index contributed by atoms with van der Waals surface area (Å²) in [6.07, 6.45) is 0. The lowest BCUT2D eigenvalue weighted by Gasteiger charge is -2.16. The van der Waals surface area contributed by atoms with Gasteiger partial charge in [-0.2, -0.15) is 0 Å². The Morgan fingerprint density at radius 3 is 2.27 bits per heavy atom. The zero-order valence-corrected chi connectivity index (χ0v) is 16.3. The highest BCUT2D eigenvalue weighted by Crippen LogP contribution is 2.32. The third-order valence-electron chi connectivity index (χ3n) is 4.76. The van der Waals surface area contributed by atoms with E-state index in [0.29, 0.717) is 22.2 Å². The van der Waals surface area contributed by atoms with E-state index in [9.17, 15) is 14.0 Å². The summed E-state index contributed by atoms with van der Waals surface area (Å²) in [4.78, 5) is 31.2. The maximum Gasteiger partial charge on any atom is 0.341 e. The Balaban J connectivity index is 2.11. The summed E-state index contributed by atoms with van der Waals surface area (Å²) in [6.45, 7) is 1.82. The molecular formula is C25H18FNO3. The average Bonchev–Trinajstić information content (AvgIpc) is 2.78.